The van der Waals surface area contributed by atoms with Gasteiger partial charge in [-0.15, -0.1) is 0 Å². The van der Waals surface area contributed by atoms with E-state index in [2.05, 4.69) is 23.8 Å². The Hall–Kier alpha value is -1.32. The van der Waals surface area contributed by atoms with Gasteiger partial charge in [0.05, 0.1) is 19.0 Å². The minimum atomic E-state index is 0.385. The third kappa shape index (κ3) is 2.74. The molecule has 2 N–H and O–H groups in total. The summed E-state index contributed by atoms with van der Waals surface area (Å²) >= 11 is 0. The molecule has 12 heavy (non-hydrogen) atoms. The molecule has 66 valence electrons. The van der Waals surface area contributed by atoms with E-state index in [4.69, 9.17) is 10.5 Å². The highest BCUT2D eigenvalue weighted by Crippen LogP contribution is 2.06. The van der Waals surface area contributed by atoms with Crippen molar-refractivity contribution in [2.24, 2.45) is 5.92 Å². The van der Waals surface area contributed by atoms with Crippen molar-refractivity contribution in [1.82, 2.24) is 9.97 Å². The van der Waals surface area contributed by atoms with Crippen LogP contribution in [0.4, 0.5) is 5.82 Å². The van der Waals surface area contributed by atoms with Crippen LogP contribution < -0.4 is 10.5 Å². The SMILES string of the molecule is CC(C)COc1cncc(N)n1. The molecule has 1 aromatic rings. The maximum Gasteiger partial charge on any atom is 0.234 e. The average Bonchev–Trinajstić information content (AvgIpc) is 2.01. The molecule has 4 nitrogen and oxygen atoms in total. The van der Waals surface area contributed by atoms with Gasteiger partial charge in [0.15, 0.2) is 0 Å². The van der Waals surface area contributed by atoms with E-state index in [0.29, 0.717) is 24.2 Å². The van der Waals surface area contributed by atoms with Crippen molar-refractivity contribution in [3.8, 4) is 5.88 Å². The highest BCUT2D eigenvalue weighted by molar-refractivity contribution is 5.25. The zero-order valence-corrected chi connectivity index (χ0v) is 7.32. The van der Waals surface area contributed by atoms with Crippen LogP contribution in [0, 0.1) is 5.92 Å². The summed E-state index contributed by atoms with van der Waals surface area (Å²) in [6.07, 6.45) is 3.04. The van der Waals surface area contributed by atoms with Gasteiger partial charge in [0.1, 0.15) is 5.82 Å². The fourth-order valence-electron chi connectivity index (χ4n) is 0.684. The van der Waals surface area contributed by atoms with Crippen LogP contribution in [-0.2, 0) is 0 Å². The van der Waals surface area contributed by atoms with E-state index in [1.165, 1.54) is 6.20 Å². The van der Waals surface area contributed by atoms with Crippen LogP contribution in [0.1, 0.15) is 13.8 Å². The second kappa shape index (κ2) is 3.90. The number of ether oxygens (including phenoxy) is 1. The first-order valence-electron chi connectivity index (χ1n) is 3.89. The zero-order valence-electron chi connectivity index (χ0n) is 7.32. The van der Waals surface area contributed by atoms with Crippen LogP contribution in [0.25, 0.3) is 0 Å². The maximum atomic E-state index is 5.41. The molecule has 0 atom stereocenters. The van der Waals surface area contributed by atoms with E-state index in [9.17, 15) is 0 Å². The third-order valence-corrected chi connectivity index (χ3v) is 1.20. The molecule has 0 aliphatic heterocycles. The third-order valence-electron chi connectivity index (χ3n) is 1.20. The molecule has 4 heteroatoms. The number of nitrogens with two attached hydrogens (primary N) is 1. The summed E-state index contributed by atoms with van der Waals surface area (Å²) in [6, 6.07) is 0. The van der Waals surface area contributed by atoms with Crippen LogP contribution >= 0.6 is 0 Å². The minimum absolute atomic E-state index is 0.385. The first-order chi connectivity index (χ1) is 5.68. The second-order valence-electron chi connectivity index (χ2n) is 2.99. The molecule has 0 radical (unpaired) electrons. The van der Waals surface area contributed by atoms with Crippen molar-refractivity contribution in [3.63, 3.8) is 0 Å². The van der Waals surface area contributed by atoms with Crippen molar-refractivity contribution in [3.05, 3.63) is 12.4 Å². The fraction of sp³-hybridized carbons (Fsp3) is 0.500. The van der Waals surface area contributed by atoms with E-state index in [1.54, 1.807) is 6.20 Å². The predicted molar refractivity (Wildman–Crippen MR) is 46.8 cm³/mol. The molecule has 1 aromatic heterocycles. The van der Waals surface area contributed by atoms with Gasteiger partial charge < -0.3 is 10.5 Å². The van der Waals surface area contributed by atoms with Gasteiger partial charge in [0.25, 0.3) is 0 Å². The number of hydrogen-bond donors (Lipinski definition) is 1. The van der Waals surface area contributed by atoms with Crippen molar-refractivity contribution < 1.29 is 4.74 Å². The standard InChI is InChI=1S/C8H13N3O/c1-6(2)5-12-8-4-10-3-7(9)11-8/h3-4,6H,5H2,1-2H3,(H2,9,11). The topological polar surface area (TPSA) is 61.0 Å². The Kier molecular flexibility index (Phi) is 2.85. The smallest absolute Gasteiger partial charge is 0.234 e. The van der Waals surface area contributed by atoms with Crippen molar-refractivity contribution >= 4 is 5.82 Å². The molecule has 0 fully saturated rings. The number of nitrogen functional groups attached to an aromatic ring is 1. The molecular weight excluding hydrogens is 154 g/mol. The molecule has 0 spiro atoms. The van der Waals surface area contributed by atoms with Crippen molar-refractivity contribution in [2.45, 2.75) is 13.8 Å². The van der Waals surface area contributed by atoms with E-state index in [-0.39, 0.29) is 0 Å². The average molecular weight is 167 g/mol. The molecular formula is C8H13N3O. The van der Waals surface area contributed by atoms with Crippen LogP contribution in [0.15, 0.2) is 12.4 Å². The molecule has 0 aromatic carbocycles. The summed E-state index contributed by atoms with van der Waals surface area (Å²) in [5.41, 5.74) is 5.41. The first-order valence-corrected chi connectivity index (χ1v) is 3.89. The lowest BCUT2D eigenvalue weighted by Gasteiger charge is -2.06. The molecule has 0 bridgehead atoms. The molecule has 0 aliphatic carbocycles. The Morgan fingerprint density at radius 1 is 1.50 bits per heavy atom. The number of nitrogens with zero attached hydrogens (tertiary/aromatic N) is 2. The summed E-state index contributed by atoms with van der Waals surface area (Å²) in [4.78, 5) is 7.79. The number of anilines is 1. The minimum Gasteiger partial charge on any atom is -0.476 e. The van der Waals surface area contributed by atoms with Gasteiger partial charge in [-0.3, -0.25) is 4.98 Å². The number of rotatable bonds is 3. The predicted octanol–water partition coefficient (Wildman–Crippen LogP) is 1.09. The molecule has 0 aliphatic rings. The van der Waals surface area contributed by atoms with Crippen LogP contribution in [0.3, 0.4) is 0 Å². The van der Waals surface area contributed by atoms with Gasteiger partial charge >= 0.3 is 0 Å². The monoisotopic (exact) mass is 167 g/mol. The highest BCUT2D eigenvalue weighted by Gasteiger charge is 1.98. The highest BCUT2D eigenvalue weighted by atomic mass is 16.5. The van der Waals surface area contributed by atoms with E-state index in [0.717, 1.165) is 0 Å². The van der Waals surface area contributed by atoms with E-state index < -0.39 is 0 Å². The van der Waals surface area contributed by atoms with Gasteiger partial charge in [0, 0.05) is 0 Å². The van der Waals surface area contributed by atoms with E-state index in [1.807, 2.05) is 0 Å². The Bertz CT molecular complexity index is 250. The van der Waals surface area contributed by atoms with Gasteiger partial charge in [-0.25, -0.2) is 0 Å². The summed E-state index contributed by atoms with van der Waals surface area (Å²) < 4.78 is 5.29. The quantitative estimate of drug-likeness (QED) is 0.732. The number of hydrogen-bond acceptors (Lipinski definition) is 4. The number of aromatic nitrogens is 2. The van der Waals surface area contributed by atoms with Gasteiger partial charge in [-0.05, 0) is 5.92 Å². The first kappa shape index (κ1) is 8.77. The molecule has 1 heterocycles. The van der Waals surface area contributed by atoms with Crippen molar-refractivity contribution in [1.29, 1.82) is 0 Å². The summed E-state index contributed by atoms with van der Waals surface area (Å²) in [5.74, 6) is 1.35. The molecule has 0 saturated carbocycles. The molecule has 0 unspecified atom stereocenters. The van der Waals surface area contributed by atoms with Crippen molar-refractivity contribution in [2.75, 3.05) is 12.3 Å². The molecule has 0 saturated heterocycles. The lowest BCUT2D eigenvalue weighted by molar-refractivity contribution is 0.260. The Morgan fingerprint density at radius 2 is 2.25 bits per heavy atom. The second-order valence-corrected chi connectivity index (χ2v) is 2.99. The zero-order chi connectivity index (χ0) is 8.97. The van der Waals surface area contributed by atoms with Gasteiger partial charge in [-0.2, -0.15) is 4.98 Å². The largest absolute Gasteiger partial charge is 0.476 e. The van der Waals surface area contributed by atoms with E-state index >= 15 is 0 Å². The molecule has 1 rings (SSSR count). The Morgan fingerprint density at radius 3 is 2.83 bits per heavy atom. The normalized spacial score (nSPS) is 10.2. The van der Waals surface area contributed by atoms with Gasteiger partial charge in [0.2, 0.25) is 5.88 Å². The van der Waals surface area contributed by atoms with Gasteiger partial charge in [-0.1, -0.05) is 13.8 Å². The Labute approximate surface area is 71.8 Å². The van der Waals surface area contributed by atoms with Crippen LogP contribution in [-0.4, -0.2) is 16.6 Å². The maximum absolute atomic E-state index is 5.41. The fourth-order valence-corrected chi connectivity index (χ4v) is 0.684. The summed E-state index contributed by atoms with van der Waals surface area (Å²) in [7, 11) is 0. The summed E-state index contributed by atoms with van der Waals surface area (Å²) in [5, 5.41) is 0. The lowest BCUT2D eigenvalue weighted by Crippen LogP contribution is -2.06. The molecule has 0 amide bonds. The van der Waals surface area contributed by atoms with Crippen LogP contribution in [0.2, 0.25) is 0 Å². The lowest BCUT2D eigenvalue weighted by atomic mass is 10.2. The van der Waals surface area contributed by atoms with Crippen LogP contribution in [0.5, 0.6) is 5.88 Å². The summed E-state index contributed by atoms with van der Waals surface area (Å²) in [6.45, 7) is 4.78. The Balaban J connectivity index is 2.52.